The van der Waals surface area contributed by atoms with Crippen molar-refractivity contribution in [1.29, 1.82) is 0 Å². The number of carbonyl (C=O) groups excluding carboxylic acids is 2. The largest absolute Gasteiger partial charge is 0.299 e. The van der Waals surface area contributed by atoms with E-state index in [-0.39, 0.29) is 18.0 Å². The zero-order valence-corrected chi connectivity index (χ0v) is 12.8. The first-order valence-electron chi connectivity index (χ1n) is 7.81. The van der Waals surface area contributed by atoms with Crippen LogP contribution in [0.3, 0.4) is 0 Å². The van der Waals surface area contributed by atoms with Crippen LogP contribution in [-0.4, -0.2) is 11.6 Å². The molecule has 110 valence electrons. The summed E-state index contributed by atoms with van der Waals surface area (Å²) in [5.41, 5.74) is 1.82. The Kier molecular flexibility index (Phi) is 7.86. The molecule has 2 nitrogen and oxygen atoms in total. The molecular formula is C18H26O2. The van der Waals surface area contributed by atoms with E-state index in [1.165, 1.54) is 0 Å². The van der Waals surface area contributed by atoms with Gasteiger partial charge in [0.15, 0.2) is 5.78 Å². The van der Waals surface area contributed by atoms with E-state index in [1.807, 2.05) is 24.3 Å². The second kappa shape index (κ2) is 9.46. The van der Waals surface area contributed by atoms with Gasteiger partial charge in [0.05, 0.1) is 6.42 Å². The molecule has 0 amide bonds. The smallest absolute Gasteiger partial charge is 0.170 e. The van der Waals surface area contributed by atoms with Crippen LogP contribution in [0.15, 0.2) is 24.3 Å². The molecule has 2 heteroatoms. The molecular weight excluding hydrogens is 248 g/mol. The summed E-state index contributed by atoms with van der Waals surface area (Å²) in [6, 6.07) is 7.70. The fraction of sp³-hybridized carbons (Fsp3) is 0.556. The number of Topliss-reactive ketones (excluding diaryl/α,β-unsaturated/α-hetero) is 2. The highest BCUT2D eigenvalue weighted by Gasteiger charge is 2.14. The van der Waals surface area contributed by atoms with Gasteiger partial charge in [0.1, 0.15) is 5.78 Å². The maximum atomic E-state index is 12.3. The Bertz CT molecular complexity index is 435. The molecule has 0 fully saturated rings. The van der Waals surface area contributed by atoms with E-state index < -0.39 is 0 Å². The number of carbonyl (C=O) groups is 2. The summed E-state index contributed by atoms with van der Waals surface area (Å²) in [7, 11) is 0. The van der Waals surface area contributed by atoms with E-state index in [1.54, 1.807) is 0 Å². The Labute approximate surface area is 122 Å². The van der Waals surface area contributed by atoms with Gasteiger partial charge >= 0.3 is 0 Å². The molecule has 0 aromatic heterocycles. The van der Waals surface area contributed by atoms with Crippen molar-refractivity contribution in [2.24, 2.45) is 0 Å². The Balaban J connectivity index is 2.60. The third-order valence-electron chi connectivity index (χ3n) is 3.53. The first-order chi connectivity index (χ1) is 9.69. The average Bonchev–Trinajstić information content (AvgIpc) is 2.45. The predicted octanol–water partition coefficient (Wildman–Crippen LogP) is 4.75. The van der Waals surface area contributed by atoms with E-state index in [2.05, 4.69) is 13.8 Å². The number of unbranched alkanes of at least 4 members (excludes halogenated alkanes) is 3. The molecule has 0 radical (unpaired) electrons. The van der Waals surface area contributed by atoms with Crippen LogP contribution in [0.2, 0.25) is 0 Å². The summed E-state index contributed by atoms with van der Waals surface area (Å²) in [4.78, 5) is 24.1. The lowest BCUT2D eigenvalue weighted by molar-refractivity contribution is -0.118. The highest BCUT2D eigenvalue weighted by atomic mass is 16.1. The number of benzene rings is 1. The molecule has 0 unspecified atom stereocenters. The Morgan fingerprint density at radius 3 is 2.35 bits per heavy atom. The van der Waals surface area contributed by atoms with E-state index >= 15 is 0 Å². The maximum Gasteiger partial charge on any atom is 0.170 e. The average molecular weight is 274 g/mol. The van der Waals surface area contributed by atoms with Crippen molar-refractivity contribution in [1.82, 2.24) is 0 Å². The van der Waals surface area contributed by atoms with Gasteiger partial charge in [-0.05, 0) is 24.8 Å². The lowest BCUT2D eigenvalue weighted by atomic mass is 9.96. The van der Waals surface area contributed by atoms with Crippen LogP contribution in [0.4, 0.5) is 0 Å². The lowest BCUT2D eigenvalue weighted by Crippen LogP contribution is -2.10. The van der Waals surface area contributed by atoms with Gasteiger partial charge < -0.3 is 0 Å². The summed E-state index contributed by atoms with van der Waals surface area (Å²) < 4.78 is 0. The quantitative estimate of drug-likeness (QED) is 0.350. The Morgan fingerprint density at radius 1 is 0.950 bits per heavy atom. The fourth-order valence-corrected chi connectivity index (χ4v) is 2.31. The molecule has 0 N–H and O–H groups in total. The topological polar surface area (TPSA) is 34.1 Å². The predicted molar refractivity (Wildman–Crippen MR) is 83.2 cm³/mol. The van der Waals surface area contributed by atoms with Gasteiger partial charge in [0.25, 0.3) is 0 Å². The third-order valence-corrected chi connectivity index (χ3v) is 3.53. The van der Waals surface area contributed by atoms with Crippen molar-refractivity contribution in [2.45, 2.75) is 65.2 Å². The molecule has 1 aromatic carbocycles. The molecule has 0 aliphatic rings. The van der Waals surface area contributed by atoms with Crippen LogP contribution in [-0.2, 0) is 11.2 Å². The van der Waals surface area contributed by atoms with Gasteiger partial charge in [-0.25, -0.2) is 0 Å². The summed E-state index contributed by atoms with van der Waals surface area (Å²) in [5, 5.41) is 0. The molecule has 0 bridgehead atoms. The van der Waals surface area contributed by atoms with Crippen molar-refractivity contribution in [2.75, 3.05) is 0 Å². The molecule has 1 rings (SSSR count). The molecule has 0 spiro atoms. The van der Waals surface area contributed by atoms with E-state index in [0.29, 0.717) is 6.42 Å². The fourth-order valence-electron chi connectivity index (χ4n) is 2.31. The van der Waals surface area contributed by atoms with Gasteiger partial charge in [-0.1, -0.05) is 57.4 Å². The molecule has 0 saturated carbocycles. The Hall–Kier alpha value is -1.44. The van der Waals surface area contributed by atoms with Crippen LogP contribution < -0.4 is 0 Å². The number of hydrogen-bond donors (Lipinski definition) is 0. The van der Waals surface area contributed by atoms with Crippen molar-refractivity contribution >= 4 is 11.6 Å². The zero-order valence-electron chi connectivity index (χ0n) is 12.8. The maximum absolute atomic E-state index is 12.3. The third kappa shape index (κ3) is 5.68. The molecule has 0 aliphatic heterocycles. The minimum absolute atomic E-state index is 0.0156. The van der Waals surface area contributed by atoms with Crippen LogP contribution in [0.5, 0.6) is 0 Å². The Morgan fingerprint density at radius 2 is 1.65 bits per heavy atom. The first-order valence-corrected chi connectivity index (χ1v) is 7.81. The monoisotopic (exact) mass is 274 g/mol. The van der Waals surface area contributed by atoms with Crippen molar-refractivity contribution in [3.63, 3.8) is 0 Å². The van der Waals surface area contributed by atoms with Crippen LogP contribution in [0.1, 0.15) is 74.7 Å². The standard InChI is InChI=1S/C18H26O2/c1-3-5-7-12-16(19)14-18(20)17-13-9-8-11-15(17)10-6-4-2/h8-9,11,13H,3-7,10,12,14H2,1-2H3. The minimum atomic E-state index is -0.0156. The number of hydrogen-bond acceptors (Lipinski definition) is 2. The van der Waals surface area contributed by atoms with E-state index in [9.17, 15) is 9.59 Å². The number of ketones is 2. The number of rotatable bonds is 10. The summed E-state index contributed by atoms with van der Waals surface area (Å²) in [6.07, 6.45) is 6.77. The van der Waals surface area contributed by atoms with Crippen LogP contribution >= 0.6 is 0 Å². The number of aryl methyl sites for hydroxylation is 1. The first kappa shape index (κ1) is 16.6. The highest BCUT2D eigenvalue weighted by Crippen LogP contribution is 2.15. The second-order valence-corrected chi connectivity index (χ2v) is 5.36. The summed E-state index contributed by atoms with van der Waals surface area (Å²) in [6.45, 7) is 4.25. The van der Waals surface area contributed by atoms with Gasteiger partial charge in [-0.3, -0.25) is 9.59 Å². The van der Waals surface area contributed by atoms with Crippen LogP contribution in [0.25, 0.3) is 0 Å². The lowest BCUT2D eigenvalue weighted by Gasteiger charge is -2.08. The molecule has 20 heavy (non-hydrogen) atoms. The van der Waals surface area contributed by atoms with Gasteiger partial charge in [0, 0.05) is 12.0 Å². The van der Waals surface area contributed by atoms with Gasteiger partial charge in [0.2, 0.25) is 0 Å². The van der Waals surface area contributed by atoms with Crippen LogP contribution in [0, 0.1) is 0 Å². The molecule has 0 aliphatic carbocycles. The summed E-state index contributed by atoms with van der Waals surface area (Å²) in [5.74, 6) is 0.0620. The minimum Gasteiger partial charge on any atom is -0.299 e. The molecule has 1 aromatic rings. The van der Waals surface area contributed by atoms with Crippen molar-refractivity contribution in [3.05, 3.63) is 35.4 Å². The van der Waals surface area contributed by atoms with Crippen molar-refractivity contribution < 1.29 is 9.59 Å². The van der Waals surface area contributed by atoms with Gasteiger partial charge in [-0.2, -0.15) is 0 Å². The van der Waals surface area contributed by atoms with Crippen molar-refractivity contribution in [3.8, 4) is 0 Å². The van der Waals surface area contributed by atoms with E-state index in [0.717, 1.165) is 49.7 Å². The molecule has 0 saturated heterocycles. The summed E-state index contributed by atoms with van der Waals surface area (Å²) >= 11 is 0. The molecule has 0 heterocycles. The highest BCUT2D eigenvalue weighted by molar-refractivity contribution is 6.08. The van der Waals surface area contributed by atoms with E-state index in [4.69, 9.17) is 0 Å². The molecule has 0 atom stereocenters. The van der Waals surface area contributed by atoms with Gasteiger partial charge in [-0.15, -0.1) is 0 Å². The normalized spacial score (nSPS) is 10.5. The SMILES string of the molecule is CCCCCC(=O)CC(=O)c1ccccc1CCCC. The second-order valence-electron chi connectivity index (χ2n) is 5.36. The zero-order chi connectivity index (χ0) is 14.8.